The number of esters is 4. The molecule has 3 aromatic heterocycles. The molecule has 0 radical (unpaired) electrons. The van der Waals surface area contributed by atoms with Crippen LogP contribution < -0.4 is 0 Å². The van der Waals surface area contributed by atoms with Crippen LogP contribution in [0.5, 0.6) is 0 Å². The molecule has 0 amide bonds. The third kappa shape index (κ3) is 8.60. The molecular weight excluding hydrogens is 688 g/mol. The molecule has 2 aliphatic heterocycles. The van der Waals surface area contributed by atoms with Gasteiger partial charge in [-0.1, -0.05) is 12.2 Å². The Morgan fingerprint density at radius 1 is 0.556 bits per heavy atom. The molecule has 0 saturated carbocycles. The second-order valence-corrected chi connectivity index (χ2v) is 13.1. The number of hydrogen-bond donors (Lipinski definition) is 2. The molecule has 0 saturated heterocycles. The fourth-order valence-electron chi connectivity index (χ4n) is 6.71. The molecule has 282 valence electrons. The summed E-state index contributed by atoms with van der Waals surface area (Å²) in [7, 11) is 5.42. The molecule has 12 heteroatoms. The molecule has 2 aliphatic rings. The van der Waals surface area contributed by atoms with Crippen molar-refractivity contribution in [2.45, 2.75) is 66.2 Å². The first kappa shape index (κ1) is 39.2. The Hall–Kier alpha value is -6.04. The molecule has 0 atom stereocenters. The number of ether oxygens (including phenoxy) is 4. The second-order valence-electron chi connectivity index (χ2n) is 13.1. The highest BCUT2D eigenvalue weighted by Gasteiger charge is 2.22. The van der Waals surface area contributed by atoms with Gasteiger partial charge in [-0.05, 0) is 122 Å². The van der Waals surface area contributed by atoms with Crippen molar-refractivity contribution >= 4 is 68.2 Å². The minimum Gasteiger partial charge on any atom is -0.469 e. The van der Waals surface area contributed by atoms with Crippen molar-refractivity contribution in [3.8, 4) is 0 Å². The number of fused-ring (bicyclic) bond motifs is 8. The van der Waals surface area contributed by atoms with Crippen LogP contribution in [0.25, 0.3) is 44.4 Å². The first-order chi connectivity index (χ1) is 25.9. The van der Waals surface area contributed by atoms with Crippen LogP contribution in [0.15, 0.2) is 48.6 Å². The smallest absolute Gasteiger partial charge is 0.330 e. The Kier molecular flexibility index (Phi) is 12.5. The molecule has 0 aromatic carbocycles. The fraction of sp³-hybridized carbons (Fsp3) is 0.333. The summed E-state index contributed by atoms with van der Waals surface area (Å²) >= 11 is 0. The minimum absolute atomic E-state index is 0.173. The van der Waals surface area contributed by atoms with Crippen molar-refractivity contribution in [2.24, 2.45) is 0 Å². The molecule has 3 aromatic rings. The predicted octanol–water partition coefficient (Wildman–Crippen LogP) is 7.24. The summed E-state index contributed by atoms with van der Waals surface area (Å²) in [5.74, 6) is -1.54. The molecule has 12 nitrogen and oxygen atoms in total. The monoisotopic (exact) mass is 734 g/mol. The van der Waals surface area contributed by atoms with Gasteiger partial charge in [-0.3, -0.25) is 9.59 Å². The van der Waals surface area contributed by atoms with E-state index in [1.165, 1.54) is 40.6 Å². The summed E-state index contributed by atoms with van der Waals surface area (Å²) in [4.78, 5) is 65.9. The topological polar surface area (TPSA) is 163 Å². The zero-order valence-corrected chi connectivity index (χ0v) is 32.0. The quantitative estimate of drug-likeness (QED) is 0.110. The van der Waals surface area contributed by atoms with E-state index in [0.29, 0.717) is 37.1 Å². The van der Waals surface area contributed by atoms with Crippen molar-refractivity contribution in [3.63, 3.8) is 0 Å². The van der Waals surface area contributed by atoms with Crippen LogP contribution in [0.2, 0.25) is 0 Å². The number of hydrogen-bond acceptors (Lipinski definition) is 10. The molecule has 0 aliphatic carbocycles. The summed E-state index contributed by atoms with van der Waals surface area (Å²) in [6.07, 6.45) is 8.39. The van der Waals surface area contributed by atoms with Gasteiger partial charge in [-0.25, -0.2) is 19.6 Å². The predicted molar refractivity (Wildman–Crippen MR) is 208 cm³/mol. The van der Waals surface area contributed by atoms with Crippen molar-refractivity contribution in [3.05, 3.63) is 93.6 Å². The van der Waals surface area contributed by atoms with E-state index in [0.717, 1.165) is 78.0 Å². The van der Waals surface area contributed by atoms with E-state index in [4.69, 9.17) is 28.9 Å². The van der Waals surface area contributed by atoms with Gasteiger partial charge < -0.3 is 28.9 Å². The lowest BCUT2D eigenvalue weighted by Crippen LogP contribution is -2.02. The normalized spacial score (nSPS) is 12.9. The van der Waals surface area contributed by atoms with E-state index in [1.807, 2.05) is 52.0 Å². The van der Waals surface area contributed by atoms with Crippen molar-refractivity contribution in [1.82, 2.24) is 19.9 Å². The van der Waals surface area contributed by atoms with Crippen molar-refractivity contribution in [2.75, 3.05) is 28.4 Å². The van der Waals surface area contributed by atoms with Gasteiger partial charge in [0.1, 0.15) is 0 Å². The number of allylic oxidation sites excluding steroid dienone is 6. The maximum Gasteiger partial charge on any atom is 0.330 e. The molecule has 8 bridgehead atoms. The zero-order chi connectivity index (χ0) is 39.1. The SMILES string of the molecule is COC(=O)/C=C\CC1=C(C)c2cc3nc(cc4[nH]c(cc5[nH]c(cc1n2)c(C)c5C/C=C\C(=O)OC)c(C)c4CCC(=O)OC)C(CCC(=O)OC)=C3C. The van der Waals surface area contributed by atoms with Crippen LogP contribution in [-0.4, -0.2) is 72.3 Å². The van der Waals surface area contributed by atoms with Crippen LogP contribution in [0.3, 0.4) is 0 Å². The molecular formula is C42H46N4O8. The van der Waals surface area contributed by atoms with Crippen LogP contribution in [0, 0.1) is 13.8 Å². The van der Waals surface area contributed by atoms with E-state index in [2.05, 4.69) is 9.97 Å². The summed E-state index contributed by atoms with van der Waals surface area (Å²) in [5.41, 5.74) is 13.6. The number of nitrogens with zero attached hydrogens (tertiary/aromatic N) is 2. The summed E-state index contributed by atoms with van der Waals surface area (Å²) in [6, 6.07) is 7.95. The second kappa shape index (κ2) is 17.2. The molecule has 54 heavy (non-hydrogen) atoms. The largest absolute Gasteiger partial charge is 0.469 e. The van der Waals surface area contributed by atoms with Gasteiger partial charge >= 0.3 is 23.9 Å². The van der Waals surface area contributed by atoms with Crippen LogP contribution in [0.1, 0.15) is 84.6 Å². The molecule has 2 N–H and O–H groups in total. The Labute approximate surface area is 314 Å². The van der Waals surface area contributed by atoms with E-state index in [1.54, 1.807) is 12.2 Å². The fourth-order valence-corrected chi connectivity index (χ4v) is 6.71. The van der Waals surface area contributed by atoms with Gasteiger partial charge in [0, 0.05) is 47.1 Å². The minimum atomic E-state index is -0.448. The van der Waals surface area contributed by atoms with Gasteiger partial charge in [0.25, 0.3) is 0 Å². The maximum atomic E-state index is 12.3. The van der Waals surface area contributed by atoms with Crippen molar-refractivity contribution < 1.29 is 38.1 Å². The lowest BCUT2D eigenvalue weighted by Gasteiger charge is -2.04. The molecule has 5 heterocycles. The van der Waals surface area contributed by atoms with Gasteiger partial charge in [-0.2, -0.15) is 0 Å². The van der Waals surface area contributed by atoms with Crippen LogP contribution >= 0.6 is 0 Å². The molecule has 0 fully saturated rings. The molecule has 0 unspecified atom stereocenters. The lowest BCUT2D eigenvalue weighted by molar-refractivity contribution is -0.141. The van der Waals surface area contributed by atoms with E-state index in [-0.39, 0.29) is 24.8 Å². The Bertz CT molecular complexity index is 2300. The zero-order valence-electron chi connectivity index (χ0n) is 32.0. The van der Waals surface area contributed by atoms with Crippen LogP contribution in [-0.2, 0) is 51.0 Å². The summed E-state index contributed by atoms with van der Waals surface area (Å²) < 4.78 is 19.6. The number of carbonyl (C=O) groups excluding carboxylic acids is 4. The number of methoxy groups -OCH3 is 4. The number of aryl methyl sites for hydroxylation is 3. The van der Waals surface area contributed by atoms with E-state index >= 15 is 0 Å². The van der Waals surface area contributed by atoms with Gasteiger partial charge in [0.2, 0.25) is 0 Å². The number of aromatic amines is 2. The van der Waals surface area contributed by atoms with Crippen LogP contribution in [0.4, 0.5) is 0 Å². The van der Waals surface area contributed by atoms with Crippen molar-refractivity contribution in [1.29, 1.82) is 0 Å². The van der Waals surface area contributed by atoms with Gasteiger partial charge in [0.15, 0.2) is 0 Å². The average Bonchev–Trinajstić information content (AvgIpc) is 3.82. The highest BCUT2D eigenvalue weighted by molar-refractivity contribution is 5.96. The molecule has 5 rings (SSSR count). The summed E-state index contributed by atoms with van der Waals surface area (Å²) in [6.45, 7) is 8.01. The number of H-pyrrole nitrogens is 2. The highest BCUT2D eigenvalue weighted by atomic mass is 16.5. The highest BCUT2D eigenvalue weighted by Crippen LogP contribution is 2.38. The number of nitrogens with one attached hydrogen (secondary N) is 2. The van der Waals surface area contributed by atoms with Gasteiger partial charge in [-0.15, -0.1) is 0 Å². The Morgan fingerprint density at radius 2 is 1.04 bits per heavy atom. The molecule has 0 spiro atoms. The maximum absolute atomic E-state index is 12.3. The average molecular weight is 735 g/mol. The van der Waals surface area contributed by atoms with E-state index in [9.17, 15) is 19.2 Å². The summed E-state index contributed by atoms with van der Waals surface area (Å²) in [5, 5.41) is 0. The number of carbonyl (C=O) groups is 4. The third-order valence-electron chi connectivity index (χ3n) is 9.97. The standard InChI is InChI=1S/C42H46N4O8/c1-23-27(11-9-13-39(47)51-5)35-20-33-24(2)28(12-10-14-40(48)52-6)36(45-33)21-34-26(4)30(16-18-42(50)54-8)38(46-34)22-37-29(15-17-41(49)53-7)25(3)32(44-37)19-31(23)43-35/h9-10,13-14,19-22,45-46H,11-12,15-18H2,1-8H3/b13-9-,14-10-,31-19?,32-19?,33-20?,34-21?,35-20?,36-21?,37-22?,38-22?. The number of rotatable bonds is 12. The lowest BCUT2D eigenvalue weighted by atomic mass is 9.99. The first-order valence-corrected chi connectivity index (χ1v) is 17.7. The Morgan fingerprint density at radius 3 is 1.63 bits per heavy atom. The number of aromatic nitrogens is 4. The van der Waals surface area contributed by atoms with E-state index < -0.39 is 11.9 Å². The van der Waals surface area contributed by atoms with Gasteiger partial charge in [0.05, 0.1) is 51.2 Å². The third-order valence-corrected chi connectivity index (χ3v) is 9.97. The first-order valence-electron chi connectivity index (χ1n) is 17.7. The Balaban J connectivity index is 1.87.